The van der Waals surface area contributed by atoms with Crippen LogP contribution in [0.25, 0.3) is 5.52 Å². The smallest absolute Gasteiger partial charge is 0.242 e. The first kappa shape index (κ1) is 17.3. The van der Waals surface area contributed by atoms with Gasteiger partial charge in [-0.05, 0) is 24.1 Å². The van der Waals surface area contributed by atoms with Crippen LogP contribution in [-0.2, 0) is 22.6 Å². The number of amides is 2. The molecular formula is C21H22N4O2. The fourth-order valence-electron chi connectivity index (χ4n) is 3.58. The third kappa shape index (κ3) is 3.69. The molecule has 138 valence electrons. The van der Waals surface area contributed by atoms with Crippen LogP contribution in [0.1, 0.15) is 24.2 Å². The van der Waals surface area contributed by atoms with Crippen LogP contribution < -0.4 is 5.32 Å². The van der Waals surface area contributed by atoms with Crippen molar-refractivity contribution >= 4 is 17.3 Å². The number of rotatable bonds is 6. The molecule has 1 fully saturated rings. The highest BCUT2D eigenvalue weighted by molar-refractivity contribution is 5.90. The number of nitrogens with one attached hydrogen (secondary N) is 1. The molecule has 4 rings (SSSR count). The minimum Gasteiger partial charge on any atom is -0.354 e. The van der Waals surface area contributed by atoms with Crippen molar-refractivity contribution in [1.29, 1.82) is 0 Å². The van der Waals surface area contributed by atoms with Crippen molar-refractivity contribution in [3.63, 3.8) is 0 Å². The van der Waals surface area contributed by atoms with Crippen LogP contribution in [0, 0.1) is 0 Å². The zero-order valence-electron chi connectivity index (χ0n) is 15.0. The number of carbonyl (C=O) groups is 2. The summed E-state index contributed by atoms with van der Waals surface area (Å²) in [6.45, 7) is 0.972. The molecule has 1 aliphatic rings. The third-order valence-electron chi connectivity index (χ3n) is 4.99. The molecule has 1 N–H and O–H groups in total. The first-order valence-electron chi connectivity index (χ1n) is 9.24. The molecule has 1 atom stereocenters. The highest BCUT2D eigenvalue weighted by Crippen LogP contribution is 2.21. The summed E-state index contributed by atoms with van der Waals surface area (Å²) in [6, 6.07) is 15.3. The molecule has 27 heavy (non-hydrogen) atoms. The Morgan fingerprint density at radius 3 is 2.81 bits per heavy atom. The van der Waals surface area contributed by atoms with Crippen LogP contribution in [-0.4, -0.2) is 38.7 Å². The average Bonchev–Trinajstić information content (AvgIpc) is 3.27. The van der Waals surface area contributed by atoms with E-state index in [2.05, 4.69) is 10.3 Å². The average molecular weight is 362 g/mol. The summed E-state index contributed by atoms with van der Waals surface area (Å²) in [5.41, 5.74) is 2.07. The molecule has 1 unspecified atom stereocenters. The number of hydrogen-bond acceptors (Lipinski definition) is 3. The van der Waals surface area contributed by atoms with Crippen molar-refractivity contribution in [3.05, 3.63) is 72.3 Å². The van der Waals surface area contributed by atoms with Gasteiger partial charge in [-0.1, -0.05) is 36.4 Å². The molecule has 3 heterocycles. The molecule has 0 aliphatic carbocycles. The number of likely N-dealkylation sites (tertiary alicyclic amines) is 1. The molecule has 1 aliphatic heterocycles. The SMILES string of the molecule is O=C(NCCc1ncc2ccccn12)C1CCC(=O)N1Cc1ccccc1. The first-order chi connectivity index (χ1) is 13.2. The molecule has 1 saturated heterocycles. The summed E-state index contributed by atoms with van der Waals surface area (Å²) in [6.07, 6.45) is 5.44. The monoisotopic (exact) mass is 362 g/mol. The lowest BCUT2D eigenvalue weighted by atomic mass is 10.1. The summed E-state index contributed by atoms with van der Waals surface area (Å²) < 4.78 is 2.02. The zero-order chi connectivity index (χ0) is 18.6. The van der Waals surface area contributed by atoms with E-state index in [0.717, 1.165) is 16.9 Å². The fraction of sp³-hybridized carbons (Fsp3) is 0.286. The number of benzene rings is 1. The molecule has 2 aromatic heterocycles. The van der Waals surface area contributed by atoms with Gasteiger partial charge in [0, 0.05) is 32.1 Å². The van der Waals surface area contributed by atoms with E-state index in [-0.39, 0.29) is 11.8 Å². The number of aromatic nitrogens is 2. The predicted molar refractivity (Wildman–Crippen MR) is 102 cm³/mol. The topological polar surface area (TPSA) is 66.7 Å². The van der Waals surface area contributed by atoms with Crippen LogP contribution in [0.5, 0.6) is 0 Å². The Morgan fingerprint density at radius 1 is 1.15 bits per heavy atom. The minimum atomic E-state index is -0.394. The van der Waals surface area contributed by atoms with E-state index < -0.39 is 6.04 Å². The van der Waals surface area contributed by atoms with E-state index in [4.69, 9.17) is 0 Å². The van der Waals surface area contributed by atoms with E-state index in [0.29, 0.717) is 32.4 Å². The molecule has 0 radical (unpaired) electrons. The van der Waals surface area contributed by atoms with Gasteiger partial charge < -0.3 is 14.6 Å². The molecule has 6 heteroatoms. The van der Waals surface area contributed by atoms with Crippen LogP contribution in [0.3, 0.4) is 0 Å². The highest BCUT2D eigenvalue weighted by Gasteiger charge is 2.35. The van der Waals surface area contributed by atoms with Crippen LogP contribution in [0.4, 0.5) is 0 Å². The summed E-state index contributed by atoms with van der Waals surface area (Å²) in [4.78, 5) is 31.0. The number of hydrogen-bond donors (Lipinski definition) is 1. The first-order valence-corrected chi connectivity index (χ1v) is 9.24. The number of imidazole rings is 1. The maximum absolute atomic E-state index is 12.7. The zero-order valence-corrected chi connectivity index (χ0v) is 15.0. The van der Waals surface area contributed by atoms with Crippen molar-refractivity contribution in [2.45, 2.75) is 31.8 Å². The highest BCUT2D eigenvalue weighted by atomic mass is 16.2. The van der Waals surface area contributed by atoms with Crippen molar-refractivity contribution in [1.82, 2.24) is 19.6 Å². The standard InChI is InChI=1S/C21H22N4O2/c26-20-10-9-18(25(20)15-16-6-2-1-3-7-16)21(27)22-12-11-19-23-14-17-8-4-5-13-24(17)19/h1-8,13-14,18H,9-12,15H2,(H,22,27). The lowest BCUT2D eigenvalue weighted by Gasteiger charge is -2.24. The minimum absolute atomic E-state index is 0.0400. The Bertz CT molecular complexity index is 951. The normalized spacial score (nSPS) is 16.8. The Labute approximate surface area is 157 Å². The van der Waals surface area contributed by atoms with E-state index in [1.165, 1.54) is 0 Å². The van der Waals surface area contributed by atoms with Gasteiger partial charge in [0.2, 0.25) is 11.8 Å². The van der Waals surface area contributed by atoms with Crippen LogP contribution in [0.15, 0.2) is 60.9 Å². The van der Waals surface area contributed by atoms with Gasteiger partial charge in [0.25, 0.3) is 0 Å². The molecule has 0 spiro atoms. The van der Waals surface area contributed by atoms with E-state index in [1.807, 2.05) is 65.3 Å². The number of pyridine rings is 1. The van der Waals surface area contributed by atoms with Gasteiger partial charge in [-0.3, -0.25) is 9.59 Å². The van der Waals surface area contributed by atoms with Crippen molar-refractivity contribution in [3.8, 4) is 0 Å². The quantitative estimate of drug-likeness (QED) is 0.731. The van der Waals surface area contributed by atoms with Gasteiger partial charge in [-0.25, -0.2) is 4.98 Å². The van der Waals surface area contributed by atoms with E-state index >= 15 is 0 Å². The Kier molecular flexibility index (Phi) is 4.87. The lowest BCUT2D eigenvalue weighted by Crippen LogP contribution is -2.44. The Morgan fingerprint density at radius 2 is 1.96 bits per heavy atom. The number of fused-ring (bicyclic) bond motifs is 1. The van der Waals surface area contributed by atoms with Gasteiger partial charge >= 0.3 is 0 Å². The maximum Gasteiger partial charge on any atom is 0.242 e. The maximum atomic E-state index is 12.7. The summed E-state index contributed by atoms with van der Waals surface area (Å²) in [5.74, 6) is 0.866. The summed E-state index contributed by atoms with van der Waals surface area (Å²) >= 11 is 0. The van der Waals surface area contributed by atoms with Gasteiger partial charge in [-0.15, -0.1) is 0 Å². The van der Waals surface area contributed by atoms with E-state index in [9.17, 15) is 9.59 Å². The number of nitrogens with zero attached hydrogens (tertiary/aromatic N) is 3. The van der Waals surface area contributed by atoms with E-state index in [1.54, 1.807) is 4.90 Å². The van der Waals surface area contributed by atoms with Gasteiger partial charge in [0.05, 0.1) is 11.7 Å². The second-order valence-electron chi connectivity index (χ2n) is 6.77. The molecule has 3 aromatic rings. The summed E-state index contributed by atoms with van der Waals surface area (Å²) in [7, 11) is 0. The Hall–Kier alpha value is -3.15. The Balaban J connectivity index is 1.36. The molecule has 0 bridgehead atoms. The molecule has 2 amide bonds. The molecule has 6 nitrogen and oxygen atoms in total. The molecule has 0 saturated carbocycles. The number of carbonyl (C=O) groups excluding carboxylic acids is 2. The van der Waals surface area contributed by atoms with Crippen molar-refractivity contribution in [2.24, 2.45) is 0 Å². The van der Waals surface area contributed by atoms with Gasteiger partial charge in [0.1, 0.15) is 11.9 Å². The van der Waals surface area contributed by atoms with Crippen molar-refractivity contribution in [2.75, 3.05) is 6.54 Å². The van der Waals surface area contributed by atoms with Crippen molar-refractivity contribution < 1.29 is 9.59 Å². The third-order valence-corrected chi connectivity index (χ3v) is 4.99. The second kappa shape index (κ2) is 7.61. The van der Waals surface area contributed by atoms with Gasteiger partial charge in [-0.2, -0.15) is 0 Å². The largest absolute Gasteiger partial charge is 0.354 e. The van der Waals surface area contributed by atoms with Gasteiger partial charge in [0.15, 0.2) is 0 Å². The fourth-order valence-corrected chi connectivity index (χ4v) is 3.58. The predicted octanol–water partition coefficient (Wildman–Crippen LogP) is 2.18. The second-order valence-corrected chi connectivity index (χ2v) is 6.77. The summed E-state index contributed by atoms with van der Waals surface area (Å²) in [5, 5.41) is 2.98. The van der Waals surface area contributed by atoms with Crippen LogP contribution in [0.2, 0.25) is 0 Å². The molecular weight excluding hydrogens is 340 g/mol. The molecule has 1 aromatic carbocycles. The van der Waals surface area contributed by atoms with Crippen LogP contribution >= 0.6 is 0 Å². The lowest BCUT2D eigenvalue weighted by molar-refractivity contribution is -0.135.